The third kappa shape index (κ3) is 121. The van der Waals surface area contributed by atoms with Gasteiger partial charge in [0.25, 0.3) is 0 Å². The second kappa shape index (κ2) is 90.4. The van der Waals surface area contributed by atoms with E-state index in [4.69, 9.17) is 0 Å². The van der Waals surface area contributed by atoms with Gasteiger partial charge in [0, 0.05) is 13.0 Å². The van der Waals surface area contributed by atoms with Crippen molar-refractivity contribution in [2.75, 3.05) is 33.7 Å². The van der Waals surface area contributed by atoms with Crippen molar-refractivity contribution in [1.29, 1.82) is 0 Å². The van der Waals surface area contributed by atoms with Gasteiger partial charge < -0.3 is 16.0 Å². The zero-order valence-electron chi connectivity index (χ0n) is 10.7. The fraction of sp³-hybridized carbons (Fsp3) is 0.952. The maximum atomic E-state index is 10.6. The van der Waals surface area contributed by atoms with Crippen LogP contribution in [0.4, 0.5) is 0 Å². The Hall–Kier alpha value is -0.610. The maximum Gasteiger partial charge on any atom is 0.219 e. The Morgan fingerprint density at radius 3 is 1.20 bits per heavy atom. The Morgan fingerprint density at radius 1 is 0.640 bits per heavy atom. The molecule has 1 amide bonds. The van der Waals surface area contributed by atoms with Crippen molar-refractivity contribution >= 4 is 5.91 Å². The van der Waals surface area contributed by atoms with Crippen LogP contribution in [0.5, 0.6) is 0 Å². The van der Waals surface area contributed by atoms with Gasteiger partial charge in [-0.1, -0.05) is 88.1 Å². The highest BCUT2D eigenvalue weighted by Crippen LogP contribution is 1.76. The SMILES string of the molecule is C.C.C.C.C.C.C.C.C.C.CCC(=O)NCCCNC.CCCNC. The minimum Gasteiger partial charge on any atom is -0.356 e. The molecule has 0 unspecified atom stereocenters. The monoisotopic (exact) mass is 378 g/mol. The Labute approximate surface area is 168 Å². The molecule has 0 bridgehead atoms. The second-order valence-electron chi connectivity index (χ2n) is 3.26. The van der Waals surface area contributed by atoms with Crippen LogP contribution in [0.25, 0.3) is 0 Å². The van der Waals surface area contributed by atoms with Gasteiger partial charge in [-0.25, -0.2) is 0 Å². The predicted molar refractivity (Wildman–Crippen MR) is 133 cm³/mol. The predicted octanol–water partition coefficient (Wildman–Crippen LogP) is 7.10. The molecule has 0 saturated carbocycles. The van der Waals surface area contributed by atoms with E-state index in [0.717, 1.165) is 26.1 Å². The van der Waals surface area contributed by atoms with Gasteiger partial charge in [-0.2, -0.15) is 0 Å². The van der Waals surface area contributed by atoms with E-state index < -0.39 is 0 Å². The number of rotatable bonds is 7. The summed E-state index contributed by atoms with van der Waals surface area (Å²) in [5.41, 5.74) is 0. The number of carbonyl (C=O) groups is 1. The van der Waals surface area contributed by atoms with Crippen molar-refractivity contribution in [3.8, 4) is 0 Å². The van der Waals surface area contributed by atoms with Gasteiger partial charge in [0.2, 0.25) is 5.91 Å². The minimum atomic E-state index is 0. The maximum absolute atomic E-state index is 10.6. The second-order valence-corrected chi connectivity index (χ2v) is 3.26. The summed E-state index contributed by atoms with van der Waals surface area (Å²) < 4.78 is 0. The number of hydrogen-bond donors (Lipinski definition) is 3. The molecule has 0 radical (unpaired) electrons. The average molecular weight is 378 g/mol. The molecule has 4 heteroatoms. The first-order valence-electron chi connectivity index (χ1n) is 5.78. The molecule has 0 aromatic carbocycles. The van der Waals surface area contributed by atoms with Crippen molar-refractivity contribution in [1.82, 2.24) is 16.0 Å². The quantitative estimate of drug-likeness (QED) is 0.415. The van der Waals surface area contributed by atoms with Gasteiger partial charge >= 0.3 is 0 Å². The van der Waals surface area contributed by atoms with Gasteiger partial charge in [-0.15, -0.1) is 0 Å². The van der Waals surface area contributed by atoms with Crippen molar-refractivity contribution in [2.24, 2.45) is 0 Å². The fourth-order valence-corrected chi connectivity index (χ4v) is 0.868. The molecular formula is C21H67N3O. The first-order chi connectivity index (χ1) is 7.22. The highest BCUT2D eigenvalue weighted by atomic mass is 16.1. The van der Waals surface area contributed by atoms with E-state index in [1.807, 2.05) is 21.0 Å². The lowest BCUT2D eigenvalue weighted by Gasteiger charge is -2.01. The molecule has 0 aromatic heterocycles. The van der Waals surface area contributed by atoms with Crippen molar-refractivity contribution in [3.05, 3.63) is 0 Å². The van der Waals surface area contributed by atoms with E-state index in [-0.39, 0.29) is 80.2 Å². The molecule has 0 atom stereocenters. The molecule has 0 saturated heterocycles. The van der Waals surface area contributed by atoms with Crippen molar-refractivity contribution < 1.29 is 4.79 Å². The Kier molecular flexibility index (Phi) is 314. The molecule has 0 spiro atoms. The summed E-state index contributed by atoms with van der Waals surface area (Å²) in [5, 5.41) is 8.81. The zero-order chi connectivity index (χ0) is 11.9. The van der Waals surface area contributed by atoms with Gasteiger partial charge in [-0.3, -0.25) is 4.79 Å². The van der Waals surface area contributed by atoms with Crippen LogP contribution in [0.2, 0.25) is 0 Å². The molecule has 3 N–H and O–H groups in total. The minimum absolute atomic E-state index is 0. The third-order valence-electron chi connectivity index (χ3n) is 1.75. The van der Waals surface area contributed by atoms with Crippen LogP contribution in [0, 0.1) is 0 Å². The van der Waals surface area contributed by atoms with E-state index in [2.05, 4.69) is 22.9 Å². The molecule has 4 nitrogen and oxygen atoms in total. The molecule has 0 aliphatic rings. The van der Waals surface area contributed by atoms with Crippen LogP contribution in [0.1, 0.15) is 107 Å². The molecule has 0 aromatic rings. The average Bonchev–Trinajstić information content (AvgIpc) is 2.26. The van der Waals surface area contributed by atoms with E-state index in [0.29, 0.717) is 6.42 Å². The van der Waals surface area contributed by atoms with E-state index >= 15 is 0 Å². The highest BCUT2D eigenvalue weighted by Gasteiger charge is 1.92. The topological polar surface area (TPSA) is 53.2 Å². The Balaban J connectivity index is -0.0000000104. The highest BCUT2D eigenvalue weighted by molar-refractivity contribution is 5.75. The first kappa shape index (κ1) is 86.9. The first-order valence-corrected chi connectivity index (χ1v) is 5.78. The standard InChI is InChI=1S/C7H16N2O.C4H11N.10CH4/c1-3-7(10)9-6-4-5-8-2;1-3-4-5-2;;;;;;;;;;/h8H,3-6H2,1-2H3,(H,9,10);5H,3-4H2,1-2H3;10*1H4. The van der Waals surface area contributed by atoms with E-state index in [9.17, 15) is 4.79 Å². The molecule has 0 heterocycles. The summed E-state index contributed by atoms with van der Waals surface area (Å²) in [7, 11) is 3.87. The van der Waals surface area contributed by atoms with E-state index in [1.54, 1.807) is 0 Å². The molecule has 0 fully saturated rings. The number of carbonyl (C=O) groups excluding carboxylic acids is 1. The Morgan fingerprint density at radius 2 is 1.00 bits per heavy atom. The lowest BCUT2D eigenvalue weighted by atomic mass is 10.4. The van der Waals surface area contributed by atoms with Gasteiger partial charge in [0.1, 0.15) is 0 Å². The normalized spacial score (nSPS) is 5.44. The fourth-order valence-electron chi connectivity index (χ4n) is 0.868. The lowest BCUT2D eigenvalue weighted by molar-refractivity contribution is -0.120. The van der Waals surface area contributed by atoms with Gasteiger partial charge in [0.15, 0.2) is 0 Å². The molecule has 0 aliphatic carbocycles. The van der Waals surface area contributed by atoms with E-state index in [1.165, 1.54) is 6.42 Å². The number of amides is 1. The molecule has 25 heavy (non-hydrogen) atoms. The summed E-state index contributed by atoms with van der Waals surface area (Å²) in [6.07, 6.45) is 2.82. The van der Waals surface area contributed by atoms with Crippen LogP contribution in [-0.4, -0.2) is 39.6 Å². The van der Waals surface area contributed by atoms with Crippen molar-refractivity contribution in [3.63, 3.8) is 0 Å². The number of hydrogen-bond acceptors (Lipinski definition) is 3. The van der Waals surface area contributed by atoms with Gasteiger partial charge in [0.05, 0.1) is 0 Å². The molecule has 0 rings (SSSR count). The van der Waals surface area contributed by atoms with Crippen molar-refractivity contribution in [2.45, 2.75) is 107 Å². The number of nitrogens with one attached hydrogen (secondary N) is 3. The summed E-state index contributed by atoms with van der Waals surface area (Å²) in [6.45, 7) is 6.89. The molecule has 172 valence electrons. The lowest BCUT2D eigenvalue weighted by Crippen LogP contribution is -2.25. The largest absolute Gasteiger partial charge is 0.356 e. The van der Waals surface area contributed by atoms with Crippen LogP contribution in [0.3, 0.4) is 0 Å². The summed E-state index contributed by atoms with van der Waals surface area (Å²) in [5.74, 6) is 0.135. The van der Waals surface area contributed by atoms with Crippen LogP contribution in [-0.2, 0) is 4.79 Å². The summed E-state index contributed by atoms with van der Waals surface area (Å²) in [6, 6.07) is 0. The Bertz CT molecular complexity index is 130. The third-order valence-corrected chi connectivity index (χ3v) is 1.75. The summed E-state index contributed by atoms with van der Waals surface area (Å²) in [4.78, 5) is 10.6. The van der Waals surface area contributed by atoms with Crippen LogP contribution < -0.4 is 16.0 Å². The molecular weight excluding hydrogens is 310 g/mol. The van der Waals surface area contributed by atoms with Crippen LogP contribution >= 0.6 is 0 Å². The smallest absolute Gasteiger partial charge is 0.219 e. The zero-order valence-corrected chi connectivity index (χ0v) is 10.7. The molecule has 0 aliphatic heterocycles. The van der Waals surface area contributed by atoms with Crippen LogP contribution in [0.15, 0.2) is 0 Å². The summed E-state index contributed by atoms with van der Waals surface area (Å²) >= 11 is 0. The van der Waals surface area contributed by atoms with Gasteiger partial charge in [-0.05, 0) is 40.0 Å².